The van der Waals surface area contributed by atoms with Crippen LogP contribution in [-0.4, -0.2) is 32.8 Å². The van der Waals surface area contributed by atoms with E-state index in [-0.39, 0.29) is 12.4 Å². The molecule has 4 rings (SSSR count). The Hall–Kier alpha value is -3.74. The smallest absolute Gasteiger partial charge is 0.315 e. The van der Waals surface area contributed by atoms with Crippen LogP contribution in [-0.2, 0) is 11.2 Å². The fourth-order valence-corrected chi connectivity index (χ4v) is 3.63. The number of ether oxygens (including phenoxy) is 2. The molecule has 0 saturated carbocycles. The number of esters is 1. The molecule has 2 aromatic carbocycles. The Bertz CT molecular complexity index is 1270. The number of rotatable bonds is 5. The van der Waals surface area contributed by atoms with Gasteiger partial charge in [-0.15, -0.1) is 0 Å². The second-order valence-corrected chi connectivity index (χ2v) is 7.54. The Morgan fingerprint density at radius 1 is 0.903 bits per heavy atom. The van der Waals surface area contributed by atoms with E-state index in [2.05, 4.69) is 15.1 Å². The van der Waals surface area contributed by atoms with E-state index in [1.807, 2.05) is 64.1 Å². The Morgan fingerprint density at radius 2 is 1.55 bits per heavy atom. The third kappa shape index (κ3) is 4.26. The third-order valence-corrected chi connectivity index (χ3v) is 5.17. The van der Waals surface area contributed by atoms with Crippen molar-refractivity contribution in [3.05, 3.63) is 70.8 Å². The van der Waals surface area contributed by atoms with Crippen LogP contribution < -0.4 is 9.47 Å². The van der Waals surface area contributed by atoms with Crippen molar-refractivity contribution >= 4 is 16.7 Å². The maximum atomic E-state index is 12.7. The van der Waals surface area contributed by atoms with Crippen LogP contribution in [0.1, 0.15) is 28.3 Å². The zero-order valence-electron chi connectivity index (χ0n) is 18.3. The number of carbonyl (C=O) groups is 1. The van der Waals surface area contributed by atoms with Gasteiger partial charge in [-0.25, -0.2) is 14.6 Å². The van der Waals surface area contributed by atoms with Crippen molar-refractivity contribution in [1.82, 2.24) is 19.7 Å². The summed E-state index contributed by atoms with van der Waals surface area (Å²) in [4.78, 5) is 21.6. The number of aromatic nitrogens is 4. The first kappa shape index (κ1) is 20.5. The molecule has 0 fully saturated rings. The van der Waals surface area contributed by atoms with Crippen LogP contribution in [0.25, 0.3) is 16.7 Å². The fraction of sp³-hybridized carbons (Fsp3) is 0.250. The van der Waals surface area contributed by atoms with Gasteiger partial charge in [0.2, 0.25) is 0 Å². The van der Waals surface area contributed by atoms with E-state index in [4.69, 9.17) is 9.47 Å². The maximum Gasteiger partial charge on any atom is 0.315 e. The number of carbonyl (C=O) groups excluding carboxylic acids is 1. The van der Waals surface area contributed by atoms with E-state index in [1.54, 1.807) is 17.9 Å². The molecule has 0 amide bonds. The van der Waals surface area contributed by atoms with E-state index in [0.29, 0.717) is 11.7 Å². The Kier molecular flexibility index (Phi) is 5.42. The van der Waals surface area contributed by atoms with Gasteiger partial charge in [-0.3, -0.25) is 4.79 Å². The molecule has 0 unspecified atom stereocenters. The average Bonchev–Trinajstić information content (AvgIpc) is 3.00. The summed E-state index contributed by atoms with van der Waals surface area (Å²) in [5.74, 6) is 1.39. The normalized spacial score (nSPS) is 11.0. The Balaban J connectivity index is 1.56. The van der Waals surface area contributed by atoms with E-state index in [9.17, 15) is 4.79 Å². The second kappa shape index (κ2) is 8.18. The van der Waals surface area contributed by atoms with Crippen LogP contribution in [0.3, 0.4) is 0 Å². The standard InChI is InChI=1S/C24H24N4O3/c1-14-10-15(2)26-24(25-14)28-17(4)22(16(3)27-28)13-23(29)31-21-9-7-18-6-8-20(30-5)11-19(18)12-21/h6-12H,13H2,1-5H3. The molecule has 158 valence electrons. The molecule has 0 atom stereocenters. The predicted molar refractivity (Wildman–Crippen MR) is 118 cm³/mol. The summed E-state index contributed by atoms with van der Waals surface area (Å²) in [5.41, 5.74) is 4.12. The van der Waals surface area contributed by atoms with Gasteiger partial charge in [0.15, 0.2) is 0 Å². The Labute approximate surface area is 180 Å². The van der Waals surface area contributed by atoms with Gasteiger partial charge in [-0.05, 0) is 68.8 Å². The van der Waals surface area contributed by atoms with Crippen LogP contribution in [0.5, 0.6) is 11.5 Å². The lowest BCUT2D eigenvalue weighted by atomic mass is 10.1. The highest BCUT2D eigenvalue weighted by molar-refractivity contribution is 5.86. The monoisotopic (exact) mass is 416 g/mol. The fourth-order valence-electron chi connectivity index (χ4n) is 3.63. The molecule has 0 spiro atoms. The molecular weight excluding hydrogens is 392 g/mol. The lowest BCUT2D eigenvalue weighted by molar-refractivity contribution is -0.133. The molecule has 31 heavy (non-hydrogen) atoms. The summed E-state index contributed by atoms with van der Waals surface area (Å²) in [6.45, 7) is 7.62. The SMILES string of the molecule is COc1ccc2ccc(OC(=O)Cc3c(C)nn(-c4nc(C)cc(C)n4)c3C)cc2c1. The summed E-state index contributed by atoms with van der Waals surface area (Å²) in [7, 11) is 1.62. The van der Waals surface area contributed by atoms with Crippen molar-refractivity contribution in [1.29, 1.82) is 0 Å². The summed E-state index contributed by atoms with van der Waals surface area (Å²) >= 11 is 0. The lowest BCUT2D eigenvalue weighted by Gasteiger charge is -2.08. The molecule has 0 aliphatic carbocycles. The molecule has 7 nitrogen and oxygen atoms in total. The highest BCUT2D eigenvalue weighted by atomic mass is 16.5. The first-order chi connectivity index (χ1) is 14.8. The van der Waals surface area contributed by atoms with Gasteiger partial charge >= 0.3 is 5.97 Å². The number of aryl methyl sites for hydroxylation is 3. The first-order valence-electron chi connectivity index (χ1n) is 10.0. The average molecular weight is 416 g/mol. The van der Waals surface area contributed by atoms with Crippen LogP contribution in [0.2, 0.25) is 0 Å². The second-order valence-electron chi connectivity index (χ2n) is 7.54. The molecular formula is C24H24N4O3. The summed E-state index contributed by atoms with van der Waals surface area (Å²) in [5, 5.41) is 6.54. The number of nitrogens with zero attached hydrogens (tertiary/aromatic N) is 4. The molecule has 0 aliphatic heterocycles. The first-order valence-corrected chi connectivity index (χ1v) is 10.0. The highest BCUT2D eigenvalue weighted by Gasteiger charge is 2.19. The zero-order chi connectivity index (χ0) is 22.1. The number of methoxy groups -OCH3 is 1. The molecule has 0 radical (unpaired) electrons. The number of fused-ring (bicyclic) bond motifs is 1. The minimum atomic E-state index is -0.352. The van der Waals surface area contributed by atoms with Crippen molar-refractivity contribution in [2.75, 3.05) is 7.11 Å². The highest BCUT2D eigenvalue weighted by Crippen LogP contribution is 2.25. The van der Waals surface area contributed by atoms with Gasteiger partial charge in [-0.2, -0.15) is 5.10 Å². The Morgan fingerprint density at radius 3 is 2.23 bits per heavy atom. The molecule has 2 heterocycles. The molecule has 0 saturated heterocycles. The van der Waals surface area contributed by atoms with Crippen LogP contribution in [0.4, 0.5) is 0 Å². The minimum Gasteiger partial charge on any atom is -0.497 e. The number of hydrogen-bond donors (Lipinski definition) is 0. The molecule has 0 aliphatic rings. The third-order valence-electron chi connectivity index (χ3n) is 5.17. The number of benzene rings is 2. The minimum absolute atomic E-state index is 0.110. The van der Waals surface area contributed by atoms with E-state index in [0.717, 1.165) is 44.9 Å². The van der Waals surface area contributed by atoms with E-state index in [1.165, 1.54) is 0 Å². The molecule has 2 aromatic heterocycles. The van der Waals surface area contributed by atoms with E-state index >= 15 is 0 Å². The number of hydrogen-bond acceptors (Lipinski definition) is 6. The summed E-state index contributed by atoms with van der Waals surface area (Å²) in [6.07, 6.45) is 0.110. The quantitative estimate of drug-likeness (QED) is 0.358. The van der Waals surface area contributed by atoms with Crippen LogP contribution in [0.15, 0.2) is 42.5 Å². The van der Waals surface area contributed by atoms with Gasteiger partial charge in [0.05, 0.1) is 19.2 Å². The largest absolute Gasteiger partial charge is 0.497 e. The van der Waals surface area contributed by atoms with Gasteiger partial charge in [0.25, 0.3) is 5.95 Å². The topological polar surface area (TPSA) is 79.1 Å². The zero-order valence-corrected chi connectivity index (χ0v) is 18.3. The van der Waals surface area contributed by atoms with Crippen molar-refractivity contribution in [2.24, 2.45) is 0 Å². The summed E-state index contributed by atoms with van der Waals surface area (Å²) < 4.78 is 12.6. The predicted octanol–water partition coefficient (Wildman–Crippen LogP) is 4.21. The van der Waals surface area contributed by atoms with Crippen molar-refractivity contribution in [3.63, 3.8) is 0 Å². The van der Waals surface area contributed by atoms with Gasteiger partial charge in [-0.1, -0.05) is 12.1 Å². The molecule has 0 N–H and O–H groups in total. The van der Waals surface area contributed by atoms with E-state index < -0.39 is 0 Å². The van der Waals surface area contributed by atoms with Crippen molar-refractivity contribution in [2.45, 2.75) is 34.1 Å². The van der Waals surface area contributed by atoms with Gasteiger partial charge < -0.3 is 9.47 Å². The molecule has 4 aromatic rings. The molecule has 0 bridgehead atoms. The van der Waals surface area contributed by atoms with Crippen molar-refractivity contribution < 1.29 is 14.3 Å². The maximum absolute atomic E-state index is 12.7. The van der Waals surface area contributed by atoms with Crippen molar-refractivity contribution in [3.8, 4) is 17.4 Å². The van der Waals surface area contributed by atoms with Crippen LogP contribution >= 0.6 is 0 Å². The van der Waals surface area contributed by atoms with Gasteiger partial charge in [0.1, 0.15) is 11.5 Å². The van der Waals surface area contributed by atoms with Crippen LogP contribution in [0, 0.1) is 27.7 Å². The molecule has 7 heteroatoms. The lowest BCUT2D eigenvalue weighted by Crippen LogP contribution is -2.13. The summed E-state index contributed by atoms with van der Waals surface area (Å²) in [6, 6.07) is 13.2. The van der Waals surface area contributed by atoms with Gasteiger partial charge in [0, 0.05) is 22.6 Å².